The molecule has 0 atom stereocenters. The van der Waals surface area contributed by atoms with Crippen molar-refractivity contribution in [2.75, 3.05) is 5.32 Å². The summed E-state index contributed by atoms with van der Waals surface area (Å²) in [4.78, 5) is 11.2. The monoisotopic (exact) mass is 257 g/mol. The van der Waals surface area contributed by atoms with Gasteiger partial charge in [0, 0.05) is 25.9 Å². The average Bonchev–Trinajstić information content (AvgIpc) is 2.41. The van der Waals surface area contributed by atoms with E-state index in [2.05, 4.69) is 5.32 Å². The van der Waals surface area contributed by atoms with E-state index >= 15 is 0 Å². The lowest BCUT2D eigenvalue weighted by atomic mass is 10.1. The number of hydrogen-bond donors (Lipinski definition) is 1. The quantitative estimate of drug-likeness (QED) is 0.915. The number of aromatic nitrogens is 1. The first-order valence-electron chi connectivity index (χ1n) is 5.69. The number of nitriles is 1. The maximum Gasteiger partial charge on any atom is 0.250 e. The molecule has 0 spiro atoms. The summed E-state index contributed by atoms with van der Waals surface area (Å²) >= 11 is 0. The molecule has 0 bridgehead atoms. The van der Waals surface area contributed by atoms with E-state index in [9.17, 15) is 9.18 Å². The second kappa shape index (κ2) is 5.36. The van der Waals surface area contributed by atoms with Crippen molar-refractivity contribution in [2.24, 2.45) is 7.05 Å². The molecule has 96 valence electrons. The van der Waals surface area contributed by atoms with Crippen LogP contribution in [0, 0.1) is 17.1 Å². The Kier molecular flexibility index (Phi) is 3.62. The molecule has 0 saturated heterocycles. The molecule has 0 saturated carbocycles. The van der Waals surface area contributed by atoms with E-state index in [-0.39, 0.29) is 11.1 Å². The van der Waals surface area contributed by atoms with Crippen LogP contribution < -0.4 is 10.9 Å². The maximum atomic E-state index is 13.1. The van der Waals surface area contributed by atoms with Gasteiger partial charge in [-0.3, -0.25) is 4.79 Å². The van der Waals surface area contributed by atoms with Crippen molar-refractivity contribution in [3.8, 4) is 6.07 Å². The molecule has 1 aromatic carbocycles. The number of aryl methyl sites for hydroxylation is 1. The molecule has 1 aromatic heterocycles. The molecule has 4 nitrogen and oxygen atoms in total. The molecule has 0 unspecified atom stereocenters. The highest BCUT2D eigenvalue weighted by atomic mass is 19.1. The van der Waals surface area contributed by atoms with Gasteiger partial charge in [0.2, 0.25) is 5.56 Å². The molecule has 0 aliphatic heterocycles. The lowest BCUT2D eigenvalue weighted by molar-refractivity contribution is 0.623. The van der Waals surface area contributed by atoms with Gasteiger partial charge in [-0.1, -0.05) is 6.07 Å². The highest BCUT2D eigenvalue weighted by Gasteiger charge is 2.03. The zero-order valence-corrected chi connectivity index (χ0v) is 10.4. The number of benzene rings is 1. The summed E-state index contributed by atoms with van der Waals surface area (Å²) in [5, 5.41) is 11.9. The Morgan fingerprint density at radius 3 is 2.84 bits per heavy atom. The number of hydrogen-bond acceptors (Lipinski definition) is 3. The van der Waals surface area contributed by atoms with Crippen molar-refractivity contribution in [3.05, 3.63) is 63.8 Å². The fraction of sp³-hybridized carbons (Fsp3) is 0.143. The molecule has 0 fully saturated rings. The Morgan fingerprint density at radius 1 is 1.37 bits per heavy atom. The van der Waals surface area contributed by atoms with Crippen molar-refractivity contribution in [1.29, 1.82) is 5.26 Å². The van der Waals surface area contributed by atoms with Crippen molar-refractivity contribution in [2.45, 2.75) is 6.54 Å². The topological polar surface area (TPSA) is 57.8 Å². The largest absolute Gasteiger partial charge is 0.380 e. The van der Waals surface area contributed by atoms with Gasteiger partial charge < -0.3 is 9.88 Å². The summed E-state index contributed by atoms with van der Waals surface area (Å²) in [5.41, 5.74) is 1.52. The minimum atomic E-state index is -0.520. The van der Waals surface area contributed by atoms with Gasteiger partial charge in [0.25, 0.3) is 0 Å². The van der Waals surface area contributed by atoms with Crippen molar-refractivity contribution >= 4 is 5.69 Å². The zero-order chi connectivity index (χ0) is 13.8. The molecule has 0 aliphatic carbocycles. The van der Waals surface area contributed by atoms with Crippen LogP contribution in [0.2, 0.25) is 0 Å². The van der Waals surface area contributed by atoms with Crippen LogP contribution in [0.1, 0.15) is 11.1 Å². The Morgan fingerprint density at radius 2 is 2.16 bits per heavy atom. The lowest BCUT2D eigenvalue weighted by Gasteiger charge is -2.08. The molecule has 2 aromatic rings. The second-order valence-electron chi connectivity index (χ2n) is 4.15. The molecular formula is C14H12FN3O. The van der Waals surface area contributed by atoms with Gasteiger partial charge >= 0.3 is 0 Å². The molecule has 1 heterocycles. The molecule has 19 heavy (non-hydrogen) atoms. The molecule has 0 amide bonds. The highest BCUT2D eigenvalue weighted by molar-refractivity contribution is 5.42. The van der Waals surface area contributed by atoms with Crippen LogP contribution in [0.4, 0.5) is 10.1 Å². The van der Waals surface area contributed by atoms with Crippen LogP contribution in [0.15, 0.2) is 41.3 Å². The van der Waals surface area contributed by atoms with E-state index in [4.69, 9.17) is 5.26 Å². The minimum absolute atomic E-state index is 0.0276. The van der Waals surface area contributed by atoms with Gasteiger partial charge in [-0.05, 0) is 23.8 Å². The molecule has 0 aliphatic rings. The molecule has 0 radical (unpaired) electrons. The minimum Gasteiger partial charge on any atom is -0.380 e. The fourth-order valence-electron chi connectivity index (χ4n) is 1.67. The average molecular weight is 257 g/mol. The fourth-order valence-corrected chi connectivity index (χ4v) is 1.67. The first-order valence-corrected chi connectivity index (χ1v) is 5.69. The van der Waals surface area contributed by atoms with Crippen LogP contribution in [0.3, 0.4) is 0 Å². The van der Waals surface area contributed by atoms with E-state index in [0.717, 1.165) is 11.3 Å². The third-order valence-electron chi connectivity index (χ3n) is 2.73. The summed E-state index contributed by atoms with van der Waals surface area (Å²) in [7, 11) is 1.67. The van der Waals surface area contributed by atoms with Crippen molar-refractivity contribution < 1.29 is 4.39 Å². The molecule has 1 N–H and O–H groups in total. The SMILES string of the molecule is Cn1cc(NCc2ccc(F)c(C#N)c2)ccc1=O. The molecule has 5 heteroatoms. The highest BCUT2D eigenvalue weighted by Crippen LogP contribution is 2.11. The first-order chi connectivity index (χ1) is 9.10. The zero-order valence-electron chi connectivity index (χ0n) is 10.4. The summed E-state index contributed by atoms with van der Waals surface area (Å²) < 4.78 is 14.6. The van der Waals surface area contributed by atoms with Gasteiger partial charge in [0.1, 0.15) is 11.9 Å². The van der Waals surface area contributed by atoms with Gasteiger partial charge in [0.15, 0.2) is 0 Å². The van der Waals surface area contributed by atoms with Gasteiger partial charge in [-0.2, -0.15) is 5.26 Å². The van der Waals surface area contributed by atoms with Gasteiger partial charge in [-0.25, -0.2) is 4.39 Å². The Bertz CT molecular complexity index is 701. The summed E-state index contributed by atoms with van der Waals surface area (Å²) in [6.07, 6.45) is 1.68. The van der Waals surface area contributed by atoms with E-state index in [0.29, 0.717) is 6.54 Å². The van der Waals surface area contributed by atoms with E-state index in [1.807, 2.05) is 0 Å². The lowest BCUT2D eigenvalue weighted by Crippen LogP contribution is -2.15. The Labute approximate surface area is 109 Å². The number of rotatable bonds is 3. The number of nitrogens with zero attached hydrogens (tertiary/aromatic N) is 2. The third-order valence-corrected chi connectivity index (χ3v) is 2.73. The number of halogens is 1. The number of pyridine rings is 1. The van der Waals surface area contributed by atoms with E-state index < -0.39 is 5.82 Å². The van der Waals surface area contributed by atoms with Crippen LogP contribution in [0.5, 0.6) is 0 Å². The smallest absolute Gasteiger partial charge is 0.250 e. The maximum absolute atomic E-state index is 13.1. The van der Waals surface area contributed by atoms with Gasteiger partial charge in [0.05, 0.1) is 11.3 Å². The molecular weight excluding hydrogens is 245 g/mol. The second-order valence-corrected chi connectivity index (χ2v) is 4.15. The van der Waals surface area contributed by atoms with Crippen LogP contribution in [-0.4, -0.2) is 4.57 Å². The van der Waals surface area contributed by atoms with Crippen molar-refractivity contribution in [1.82, 2.24) is 4.57 Å². The van der Waals surface area contributed by atoms with E-state index in [1.165, 1.54) is 22.8 Å². The summed E-state index contributed by atoms with van der Waals surface area (Å²) in [6.45, 7) is 0.452. The van der Waals surface area contributed by atoms with Gasteiger partial charge in [-0.15, -0.1) is 0 Å². The predicted molar refractivity (Wildman–Crippen MR) is 70.1 cm³/mol. The Hall–Kier alpha value is -2.61. The summed E-state index contributed by atoms with van der Waals surface area (Å²) in [5.74, 6) is -0.520. The number of nitrogens with one attached hydrogen (secondary N) is 1. The standard InChI is InChI=1S/C14H12FN3O/c1-18-9-12(3-5-14(18)19)17-8-10-2-4-13(15)11(6-10)7-16/h2-6,9,17H,8H2,1H3. The first kappa shape index (κ1) is 12.8. The molecule has 2 rings (SSSR count). The van der Waals surface area contributed by atoms with E-state index in [1.54, 1.807) is 31.4 Å². The Balaban J connectivity index is 2.12. The third kappa shape index (κ3) is 2.99. The number of anilines is 1. The van der Waals surface area contributed by atoms with Crippen molar-refractivity contribution in [3.63, 3.8) is 0 Å². The van der Waals surface area contributed by atoms with Crippen LogP contribution in [0.25, 0.3) is 0 Å². The van der Waals surface area contributed by atoms with Crippen LogP contribution >= 0.6 is 0 Å². The van der Waals surface area contributed by atoms with Crippen LogP contribution in [-0.2, 0) is 13.6 Å². The normalized spacial score (nSPS) is 9.95. The predicted octanol–water partition coefficient (Wildman–Crippen LogP) is 2.01. The summed E-state index contributed by atoms with van der Waals surface area (Å²) in [6, 6.07) is 9.34.